The Morgan fingerprint density at radius 1 is 1.16 bits per heavy atom. The van der Waals surface area contributed by atoms with Crippen LogP contribution in [0.3, 0.4) is 0 Å². The Morgan fingerprint density at radius 3 is 2.26 bits per heavy atom. The van der Waals surface area contributed by atoms with E-state index in [4.69, 9.17) is 9.47 Å². The van der Waals surface area contributed by atoms with Crippen LogP contribution in [0.4, 0.5) is 0 Å². The van der Waals surface area contributed by atoms with E-state index in [-0.39, 0.29) is 44.7 Å². The molecule has 0 saturated carbocycles. The molecule has 1 aromatic rings. The fraction of sp³-hybridized carbons (Fsp3) is 0.364. The molecule has 0 saturated heterocycles. The summed E-state index contributed by atoms with van der Waals surface area (Å²) in [5.41, 5.74) is -0.249. The van der Waals surface area contributed by atoms with Crippen molar-refractivity contribution in [3.05, 3.63) is 24.3 Å². The van der Waals surface area contributed by atoms with Crippen molar-refractivity contribution in [2.24, 2.45) is 0 Å². The third kappa shape index (κ3) is 6.76. The van der Waals surface area contributed by atoms with Gasteiger partial charge in [0.05, 0.1) is 6.61 Å². The Kier molecular flexibility index (Phi) is 8.73. The number of rotatable bonds is 8. The maximum absolute atomic E-state index is 10.7. The van der Waals surface area contributed by atoms with Gasteiger partial charge in [-0.2, -0.15) is 8.42 Å². The summed E-state index contributed by atoms with van der Waals surface area (Å²) >= 11 is 0. The Morgan fingerprint density at radius 2 is 1.74 bits per heavy atom. The standard InChI is InChI=1S/C11H14O6S.Mg.2H/c1-2-15-10-5-3-4-6-11(10)16-7-8-17-18(13,14)9-12;;;/h3-6,9H,2,7-8H2,1H3;;;/q;+2;2*-1. The monoisotopic (exact) mass is 300 g/mol. The van der Waals surface area contributed by atoms with Gasteiger partial charge >= 0.3 is 33.2 Å². The summed E-state index contributed by atoms with van der Waals surface area (Å²) in [4.78, 5) is 10.1. The van der Waals surface area contributed by atoms with E-state index in [1.165, 1.54) is 0 Å². The van der Waals surface area contributed by atoms with E-state index in [0.29, 0.717) is 18.1 Å². The maximum atomic E-state index is 10.7. The van der Waals surface area contributed by atoms with Gasteiger partial charge in [-0.1, -0.05) is 12.1 Å². The summed E-state index contributed by atoms with van der Waals surface area (Å²) in [6.07, 6.45) is 0. The number of hydrogen-bond donors (Lipinski definition) is 0. The molecule has 0 fully saturated rings. The molecule has 0 atom stereocenters. The summed E-state index contributed by atoms with van der Waals surface area (Å²) < 4.78 is 36.4. The summed E-state index contributed by atoms with van der Waals surface area (Å²) in [7, 11) is -4.09. The second-order valence-electron chi connectivity index (χ2n) is 3.14. The Hall–Kier alpha value is -0.834. The van der Waals surface area contributed by atoms with Gasteiger partial charge in [-0.25, -0.2) is 0 Å². The van der Waals surface area contributed by atoms with Gasteiger partial charge in [-0.3, -0.25) is 8.98 Å². The second kappa shape index (κ2) is 9.13. The first-order chi connectivity index (χ1) is 8.59. The molecule has 0 heterocycles. The van der Waals surface area contributed by atoms with Gasteiger partial charge < -0.3 is 12.3 Å². The minimum Gasteiger partial charge on any atom is -1.00 e. The Bertz CT molecular complexity index is 497. The molecule has 0 N–H and O–H groups in total. The molecule has 104 valence electrons. The van der Waals surface area contributed by atoms with Crippen LogP contribution >= 0.6 is 0 Å². The predicted octanol–water partition coefficient (Wildman–Crippen LogP) is 0.845. The first kappa shape index (κ1) is 18.2. The van der Waals surface area contributed by atoms with Gasteiger partial charge in [0, 0.05) is 0 Å². The Labute approximate surface area is 131 Å². The van der Waals surface area contributed by atoms with Crippen molar-refractivity contribution < 1.29 is 29.7 Å². The fourth-order valence-corrected chi connectivity index (χ4v) is 1.53. The van der Waals surface area contributed by atoms with Crippen LogP contribution in [0.25, 0.3) is 0 Å². The minimum atomic E-state index is -4.09. The third-order valence-corrected chi connectivity index (χ3v) is 2.59. The largest absolute Gasteiger partial charge is 2.00 e. The van der Waals surface area contributed by atoms with Crippen molar-refractivity contribution in [2.45, 2.75) is 6.92 Å². The smallest absolute Gasteiger partial charge is 1.00 e. The molecular weight excluding hydrogens is 284 g/mol. The molecule has 0 spiro atoms. The van der Waals surface area contributed by atoms with Gasteiger partial charge in [0.1, 0.15) is 13.2 Å². The van der Waals surface area contributed by atoms with Crippen molar-refractivity contribution in [1.82, 2.24) is 0 Å². The Balaban J connectivity index is -0.00000108. The van der Waals surface area contributed by atoms with E-state index in [0.717, 1.165) is 0 Å². The number of carbonyl (C=O) groups excluding carboxylic acids is 1. The van der Waals surface area contributed by atoms with Crippen LogP contribution in [-0.4, -0.2) is 56.9 Å². The zero-order chi connectivity index (χ0) is 13.4. The molecular formula is C11H16MgO6S. The van der Waals surface area contributed by atoms with Gasteiger partial charge in [0.15, 0.2) is 11.5 Å². The SMILES string of the molecule is CCOc1ccccc1OCCOS(=O)(=O)C=O.[H-].[H-].[Mg+2]. The van der Waals surface area contributed by atoms with Crippen LogP contribution in [0.15, 0.2) is 24.3 Å². The van der Waals surface area contributed by atoms with Crippen molar-refractivity contribution in [3.63, 3.8) is 0 Å². The van der Waals surface area contributed by atoms with E-state index in [9.17, 15) is 13.2 Å². The van der Waals surface area contributed by atoms with E-state index >= 15 is 0 Å². The molecule has 1 rings (SSSR count). The van der Waals surface area contributed by atoms with Crippen LogP contribution in [-0.2, 0) is 19.1 Å². The maximum Gasteiger partial charge on any atom is 2.00 e. The summed E-state index contributed by atoms with van der Waals surface area (Å²) in [6.45, 7) is 2.10. The molecule has 0 aliphatic heterocycles. The zero-order valence-electron chi connectivity index (χ0n) is 12.6. The van der Waals surface area contributed by atoms with Gasteiger partial charge in [0.25, 0.3) is 5.62 Å². The normalized spacial score (nSPS) is 10.4. The van der Waals surface area contributed by atoms with Crippen LogP contribution in [0.2, 0.25) is 0 Å². The number of hydrogen-bond acceptors (Lipinski definition) is 6. The van der Waals surface area contributed by atoms with Crippen LogP contribution in [0, 0.1) is 0 Å². The minimum absolute atomic E-state index is 0. The summed E-state index contributed by atoms with van der Waals surface area (Å²) in [5.74, 6) is 1.06. The molecule has 19 heavy (non-hydrogen) atoms. The number of para-hydroxylation sites is 2. The van der Waals surface area contributed by atoms with E-state index in [1.54, 1.807) is 24.3 Å². The molecule has 0 unspecified atom stereocenters. The molecule has 0 bridgehead atoms. The number of ether oxygens (including phenoxy) is 2. The van der Waals surface area contributed by atoms with Crippen molar-refractivity contribution in [3.8, 4) is 11.5 Å². The molecule has 0 aromatic heterocycles. The van der Waals surface area contributed by atoms with Crippen LogP contribution in [0.1, 0.15) is 9.78 Å². The first-order valence-corrected chi connectivity index (χ1v) is 6.75. The first-order valence-electron chi connectivity index (χ1n) is 5.28. The van der Waals surface area contributed by atoms with E-state index < -0.39 is 10.1 Å². The summed E-state index contributed by atoms with van der Waals surface area (Å²) in [5, 5.41) is 0. The topological polar surface area (TPSA) is 78.9 Å². The van der Waals surface area contributed by atoms with Crippen molar-refractivity contribution in [1.29, 1.82) is 0 Å². The van der Waals surface area contributed by atoms with Gasteiger partial charge in [0.2, 0.25) is 0 Å². The second-order valence-corrected chi connectivity index (χ2v) is 4.55. The summed E-state index contributed by atoms with van der Waals surface area (Å²) in [6, 6.07) is 6.99. The zero-order valence-corrected chi connectivity index (χ0v) is 12.8. The van der Waals surface area contributed by atoms with Gasteiger partial charge in [-0.05, 0) is 19.1 Å². The molecule has 8 heteroatoms. The number of carbonyl (C=O) groups is 1. The average molecular weight is 301 g/mol. The number of benzene rings is 1. The molecule has 0 amide bonds. The van der Waals surface area contributed by atoms with Crippen molar-refractivity contribution in [2.75, 3.05) is 19.8 Å². The third-order valence-electron chi connectivity index (χ3n) is 1.86. The molecule has 6 nitrogen and oxygen atoms in total. The van der Waals surface area contributed by atoms with E-state index in [2.05, 4.69) is 4.18 Å². The van der Waals surface area contributed by atoms with E-state index in [1.807, 2.05) is 6.92 Å². The van der Waals surface area contributed by atoms with Crippen LogP contribution in [0.5, 0.6) is 11.5 Å². The molecule has 0 radical (unpaired) electrons. The average Bonchev–Trinajstić information content (AvgIpc) is 2.37. The molecule has 1 aromatic carbocycles. The van der Waals surface area contributed by atoms with Crippen LogP contribution < -0.4 is 9.47 Å². The molecule has 0 aliphatic rings. The predicted molar refractivity (Wildman–Crippen MR) is 72.7 cm³/mol. The fourth-order valence-electron chi connectivity index (χ4n) is 1.17. The van der Waals surface area contributed by atoms with Gasteiger partial charge in [-0.15, -0.1) is 0 Å². The van der Waals surface area contributed by atoms with Crippen molar-refractivity contribution >= 4 is 38.8 Å². The molecule has 0 aliphatic carbocycles. The quantitative estimate of drug-likeness (QED) is 0.306.